The van der Waals surface area contributed by atoms with Gasteiger partial charge in [-0.3, -0.25) is 9.48 Å². The molecule has 102 valence electrons. The standard InChI is InChI=1S/C13H23N3O2/c1-5-16-9-10(8-14-16)12(18)15-11(6-7-17)13(2,3)4/h8-9,11,17H,5-7H2,1-4H3,(H,15,18). The lowest BCUT2D eigenvalue weighted by Crippen LogP contribution is -2.44. The van der Waals surface area contributed by atoms with Crippen molar-refractivity contribution in [2.75, 3.05) is 6.61 Å². The molecule has 0 aromatic carbocycles. The molecule has 1 amide bonds. The molecular weight excluding hydrogens is 230 g/mol. The van der Waals surface area contributed by atoms with Crippen LogP contribution in [0.4, 0.5) is 0 Å². The highest BCUT2D eigenvalue weighted by Crippen LogP contribution is 2.21. The lowest BCUT2D eigenvalue weighted by molar-refractivity contribution is 0.0885. The average Bonchev–Trinajstić information content (AvgIpc) is 2.75. The highest BCUT2D eigenvalue weighted by atomic mass is 16.3. The molecular formula is C13H23N3O2. The van der Waals surface area contributed by atoms with E-state index in [0.29, 0.717) is 12.0 Å². The summed E-state index contributed by atoms with van der Waals surface area (Å²) in [6.07, 6.45) is 3.85. The lowest BCUT2D eigenvalue weighted by atomic mass is 9.85. The van der Waals surface area contributed by atoms with E-state index in [1.54, 1.807) is 17.1 Å². The first-order valence-electron chi connectivity index (χ1n) is 6.32. The highest BCUT2D eigenvalue weighted by molar-refractivity contribution is 5.93. The summed E-state index contributed by atoms with van der Waals surface area (Å²) in [4.78, 5) is 12.1. The number of hydrogen-bond donors (Lipinski definition) is 2. The summed E-state index contributed by atoms with van der Waals surface area (Å²) < 4.78 is 1.72. The van der Waals surface area contributed by atoms with Crippen LogP contribution in [0.1, 0.15) is 44.5 Å². The predicted molar refractivity (Wildman–Crippen MR) is 70.3 cm³/mol. The van der Waals surface area contributed by atoms with Crippen LogP contribution in [0.3, 0.4) is 0 Å². The summed E-state index contributed by atoms with van der Waals surface area (Å²) in [5, 5.41) is 16.1. The third-order valence-electron chi connectivity index (χ3n) is 2.99. The number of hydrogen-bond acceptors (Lipinski definition) is 3. The van der Waals surface area contributed by atoms with Gasteiger partial charge >= 0.3 is 0 Å². The molecule has 0 bridgehead atoms. The topological polar surface area (TPSA) is 67.2 Å². The number of nitrogens with zero attached hydrogens (tertiary/aromatic N) is 2. The minimum absolute atomic E-state index is 0.0556. The Labute approximate surface area is 108 Å². The SMILES string of the molecule is CCn1cc(C(=O)NC(CCO)C(C)(C)C)cn1. The maximum Gasteiger partial charge on any atom is 0.254 e. The first kappa shape index (κ1) is 14.7. The first-order chi connectivity index (χ1) is 8.38. The van der Waals surface area contributed by atoms with Gasteiger partial charge in [0.1, 0.15) is 0 Å². The van der Waals surface area contributed by atoms with E-state index >= 15 is 0 Å². The van der Waals surface area contributed by atoms with Gasteiger partial charge in [0, 0.05) is 25.4 Å². The molecule has 1 atom stereocenters. The summed E-state index contributed by atoms with van der Waals surface area (Å²) in [6, 6.07) is -0.0556. The second-order valence-corrected chi connectivity index (χ2v) is 5.49. The zero-order chi connectivity index (χ0) is 13.8. The molecule has 0 saturated heterocycles. The molecule has 18 heavy (non-hydrogen) atoms. The van der Waals surface area contributed by atoms with Gasteiger partial charge in [0.15, 0.2) is 0 Å². The van der Waals surface area contributed by atoms with Crippen LogP contribution in [0.25, 0.3) is 0 Å². The minimum atomic E-state index is -0.136. The quantitative estimate of drug-likeness (QED) is 0.834. The Balaban J connectivity index is 2.72. The lowest BCUT2D eigenvalue weighted by Gasteiger charge is -2.30. The van der Waals surface area contributed by atoms with Gasteiger partial charge in [-0.1, -0.05) is 20.8 Å². The van der Waals surface area contributed by atoms with Crippen molar-refractivity contribution in [2.45, 2.75) is 46.7 Å². The number of aryl methyl sites for hydroxylation is 1. The van der Waals surface area contributed by atoms with E-state index in [-0.39, 0.29) is 24.0 Å². The van der Waals surface area contributed by atoms with Crippen molar-refractivity contribution in [1.29, 1.82) is 0 Å². The molecule has 0 aliphatic heterocycles. The molecule has 0 aliphatic rings. The van der Waals surface area contributed by atoms with Gasteiger partial charge in [0.25, 0.3) is 5.91 Å². The van der Waals surface area contributed by atoms with Gasteiger partial charge in [-0.15, -0.1) is 0 Å². The zero-order valence-corrected chi connectivity index (χ0v) is 11.6. The maximum atomic E-state index is 12.1. The van der Waals surface area contributed by atoms with Crippen LogP contribution in [0.15, 0.2) is 12.4 Å². The minimum Gasteiger partial charge on any atom is -0.396 e. The molecule has 0 radical (unpaired) electrons. The Bertz CT molecular complexity index is 393. The molecule has 5 heteroatoms. The predicted octanol–water partition coefficient (Wildman–Crippen LogP) is 1.43. The zero-order valence-electron chi connectivity index (χ0n) is 11.6. The van der Waals surface area contributed by atoms with E-state index in [1.165, 1.54) is 0 Å². The Kier molecular flexibility index (Phi) is 4.90. The van der Waals surface area contributed by atoms with Gasteiger partial charge in [0.2, 0.25) is 0 Å². The fraction of sp³-hybridized carbons (Fsp3) is 0.692. The maximum absolute atomic E-state index is 12.1. The second kappa shape index (κ2) is 6.00. The van der Waals surface area contributed by atoms with Gasteiger partial charge < -0.3 is 10.4 Å². The molecule has 1 aromatic rings. The van der Waals surface area contributed by atoms with Gasteiger partial charge in [0.05, 0.1) is 11.8 Å². The van der Waals surface area contributed by atoms with Crippen molar-refractivity contribution in [1.82, 2.24) is 15.1 Å². The van der Waals surface area contributed by atoms with Crippen molar-refractivity contribution in [3.63, 3.8) is 0 Å². The van der Waals surface area contributed by atoms with Crippen molar-refractivity contribution in [3.8, 4) is 0 Å². The summed E-state index contributed by atoms with van der Waals surface area (Å²) in [5.41, 5.74) is 0.475. The van der Waals surface area contributed by atoms with Crippen molar-refractivity contribution in [2.24, 2.45) is 5.41 Å². The summed E-state index contributed by atoms with van der Waals surface area (Å²) in [5.74, 6) is -0.136. The summed E-state index contributed by atoms with van der Waals surface area (Å²) in [6.45, 7) is 8.91. The number of aliphatic hydroxyl groups excluding tert-OH is 1. The Hall–Kier alpha value is -1.36. The smallest absolute Gasteiger partial charge is 0.254 e. The third kappa shape index (κ3) is 3.84. The third-order valence-corrected chi connectivity index (χ3v) is 2.99. The van der Waals surface area contributed by atoms with E-state index in [4.69, 9.17) is 5.11 Å². The first-order valence-corrected chi connectivity index (χ1v) is 6.32. The van der Waals surface area contributed by atoms with Gasteiger partial charge in [-0.2, -0.15) is 5.10 Å². The van der Waals surface area contributed by atoms with Crippen LogP contribution in [-0.4, -0.2) is 33.4 Å². The van der Waals surface area contributed by atoms with E-state index in [2.05, 4.69) is 10.4 Å². The van der Waals surface area contributed by atoms with Crippen LogP contribution in [0.2, 0.25) is 0 Å². The van der Waals surface area contributed by atoms with Crippen LogP contribution < -0.4 is 5.32 Å². The normalized spacial score (nSPS) is 13.4. The van der Waals surface area contributed by atoms with E-state index in [1.807, 2.05) is 27.7 Å². The van der Waals surface area contributed by atoms with Crippen molar-refractivity contribution < 1.29 is 9.90 Å². The molecule has 0 fully saturated rings. The van der Waals surface area contributed by atoms with Crippen LogP contribution >= 0.6 is 0 Å². The molecule has 0 aliphatic carbocycles. The summed E-state index contributed by atoms with van der Waals surface area (Å²) in [7, 11) is 0. The molecule has 5 nitrogen and oxygen atoms in total. The molecule has 2 N–H and O–H groups in total. The molecule has 1 aromatic heterocycles. The van der Waals surface area contributed by atoms with E-state index < -0.39 is 0 Å². The molecule has 1 rings (SSSR count). The number of amides is 1. The monoisotopic (exact) mass is 253 g/mol. The van der Waals surface area contributed by atoms with Crippen molar-refractivity contribution in [3.05, 3.63) is 18.0 Å². The fourth-order valence-electron chi connectivity index (χ4n) is 1.75. The average molecular weight is 253 g/mol. The van der Waals surface area contributed by atoms with Gasteiger partial charge in [-0.25, -0.2) is 0 Å². The number of rotatable bonds is 5. The number of aromatic nitrogens is 2. The Morgan fingerprint density at radius 3 is 2.67 bits per heavy atom. The largest absolute Gasteiger partial charge is 0.396 e. The number of carbonyl (C=O) groups excluding carboxylic acids is 1. The van der Waals surface area contributed by atoms with Crippen LogP contribution in [0.5, 0.6) is 0 Å². The van der Waals surface area contributed by atoms with Crippen LogP contribution in [-0.2, 0) is 6.54 Å². The van der Waals surface area contributed by atoms with E-state index in [9.17, 15) is 4.79 Å². The second-order valence-electron chi connectivity index (χ2n) is 5.49. The van der Waals surface area contributed by atoms with Crippen molar-refractivity contribution >= 4 is 5.91 Å². The summed E-state index contributed by atoms with van der Waals surface area (Å²) >= 11 is 0. The van der Waals surface area contributed by atoms with E-state index in [0.717, 1.165) is 6.54 Å². The van der Waals surface area contributed by atoms with Gasteiger partial charge in [-0.05, 0) is 18.8 Å². The Morgan fingerprint density at radius 1 is 1.56 bits per heavy atom. The molecule has 1 unspecified atom stereocenters. The molecule has 1 heterocycles. The number of nitrogens with one attached hydrogen (secondary N) is 1. The highest BCUT2D eigenvalue weighted by Gasteiger charge is 2.26. The number of carbonyl (C=O) groups is 1. The Morgan fingerprint density at radius 2 is 2.22 bits per heavy atom. The molecule has 0 saturated carbocycles. The number of aliphatic hydroxyl groups is 1. The fourth-order valence-corrected chi connectivity index (χ4v) is 1.75. The molecule has 0 spiro atoms. The van der Waals surface area contributed by atoms with Crippen LogP contribution in [0, 0.1) is 5.41 Å².